The predicted octanol–water partition coefficient (Wildman–Crippen LogP) is 2.18. The van der Waals surface area contributed by atoms with Crippen molar-refractivity contribution >= 4 is 11.8 Å². The number of hydrogen-bond donors (Lipinski definition) is 0. The van der Waals surface area contributed by atoms with E-state index < -0.39 is 5.92 Å². The fourth-order valence-corrected chi connectivity index (χ4v) is 3.49. The fraction of sp³-hybridized carbons (Fsp3) is 1.00. The van der Waals surface area contributed by atoms with E-state index in [0.717, 1.165) is 19.4 Å². The van der Waals surface area contributed by atoms with E-state index in [1.54, 1.807) is 11.8 Å². The number of halogens is 2. The summed E-state index contributed by atoms with van der Waals surface area (Å²) < 4.78 is 26.1. The summed E-state index contributed by atoms with van der Waals surface area (Å²) in [6, 6.07) is 0. The molecule has 0 amide bonds. The second kappa shape index (κ2) is 2.58. The van der Waals surface area contributed by atoms with Crippen molar-refractivity contribution < 1.29 is 8.78 Å². The molecule has 0 aliphatic carbocycles. The maximum absolute atomic E-state index is 13.0. The summed E-state index contributed by atoms with van der Waals surface area (Å²) in [5.41, 5.74) is 0. The second-order valence-electron chi connectivity index (χ2n) is 3.71. The molecule has 0 aromatic rings. The van der Waals surface area contributed by atoms with Crippen LogP contribution in [0.15, 0.2) is 0 Å². The number of rotatable bonds is 1. The molecule has 0 aromatic carbocycles. The molecule has 4 heteroatoms. The largest absolute Gasteiger partial charge is 0.283 e. The van der Waals surface area contributed by atoms with Crippen LogP contribution in [-0.4, -0.2) is 35.0 Å². The third kappa shape index (κ3) is 1.16. The molecule has 0 saturated carbocycles. The molecule has 0 aromatic heterocycles. The average Bonchev–Trinajstić information content (AvgIpc) is 2.40. The Balaban J connectivity index is 2.20. The summed E-state index contributed by atoms with van der Waals surface area (Å²) in [5, 5.41) is 0. The van der Waals surface area contributed by atoms with Crippen molar-refractivity contribution in [2.75, 3.05) is 19.3 Å². The minimum atomic E-state index is -2.44. The molecule has 1 unspecified atom stereocenters. The molecule has 2 heterocycles. The Hall–Kier alpha value is 0.170. The Bertz CT molecular complexity index is 197. The molecule has 70 valence electrons. The van der Waals surface area contributed by atoms with Crippen LogP contribution in [0.5, 0.6) is 0 Å². The molecule has 2 rings (SSSR count). The van der Waals surface area contributed by atoms with Gasteiger partial charge >= 0.3 is 0 Å². The highest BCUT2D eigenvalue weighted by Gasteiger charge is 2.56. The molecule has 2 fully saturated rings. The van der Waals surface area contributed by atoms with Gasteiger partial charge in [-0.05, 0) is 25.6 Å². The van der Waals surface area contributed by atoms with E-state index in [-0.39, 0.29) is 17.8 Å². The van der Waals surface area contributed by atoms with Crippen LogP contribution >= 0.6 is 11.8 Å². The zero-order valence-corrected chi connectivity index (χ0v) is 7.96. The molecule has 2 aliphatic heterocycles. The zero-order valence-electron chi connectivity index (χ0n) is 7.15. The van der Waals surface area contributed by atoms with Gasteiger partial charge in [-0.25, -0.2) is 8.78 Å². The Morgan fingerprint density at radius 1 is 1.42 bits per heavy atom. The van der Waals surface area contributed by atoms with E-state index in [2.05, 4.69) is 0 Å². The Labute approximate surface area is 75.5 Å². The average molecular weight is 193 g/mol. The van der Waals surface area contributed by atoms with Crippen molar-refractivity contribution in [1.82, 2.24) is 4.90 Å². The Kier molecular flexibility index (Phi) is 1.88. The van der Waals surface area contributed by atoms with Gasteiger partial charge in [-0.15, -0.1) is 11.8 Å². The fourth-order valence-electron chi connectivity index (χ4n) is 2.37. The summed E-state index contributed by atoms with van der Waals surface area (Å²) in [6.45, 7) is 0.838. The maximum Gasteiger partial charge on any atom is 0.263 e. The lowest BCUT2D eigenvalue weighted by atomic mass is 10.1. The van der Waals surface area contributed by atoms with Crippen LogP contribution in [-0.2, 0) is 0 Å². The quantitative estimate of drug-likeness (QED) is 0.628. The molecule has 1 nitrogen and oxygen atoms in total. The summed E-state index contributed by atoms with van der Waals surface area (Å²) in [7, 11) is 0. The van der Waals surface area contributed by atoms with Crippen molar-refractivity contribution in [2.45, 2.75) is 30.1 Å². The van der Waals surface area contributed by atoms with Gasteiger partial charge in [-0.2, -0.15) is 0 Å². The van der Waals surface area contributed by atoms with Gasteiger partial charge in [0, 0.05) is 6.42 Å². The number of thioether (sulfide) groups is 1. The summed E-state index contributed by atoms with van der Waals surface area (Å²) in [5.74, 6) is -2.44. The van der Waals surface area contributed by atoms with Gasteiger partial charge in [0.2, 0.25) is 0 Å². The van der Waals surface area contributed by atoms with Crippen molar-refractivity contribution in [3.05, 3.63) is 0 Å². The van der Waals surface area contributed by atoms with Gasteiger partial charge in [0.05, 0.1) is 11.4 Å². The first kappa shape index (κ1) is 8.75. The molecule has 0 bridgehead atoms. The third-order valence-corrected chi connectivity index (χ3v) is 4.28. The Morgan fingerprint density at radius 3 is 2.75 bits per heavy atom. The van der Waals surface area contributed by atoms with Crippen LogP contribution in [0.25, 0.3) is 0 Å². The number of hydrogen-bond acceptors (Lipinski definition) is 2. The van der Waals surface area contributed by atoms with Gasteiger partial charge in [0.1, 0.15) is 0 Å². The van der Waals surface area contributed by atoms with Gasteiger partial charge in [-0.1, -0.05) is 0 Å². The molecular formula is C8H13F2NS. The van der Waals surface area contributed by atoms with E-state index in [1.807, 2.05) is 11.2 Å². The van der Waals surface area contributed by atoms with Gasteiger partial charge in [-0.3, -0.25) is 4.90 Å². The van der Waals surface area contributed by atoms with Crippen LogP contribution in [0.1, 0.15) is 19.3 Å². The highest BCUT2D eigenvalue weighted by molar-refractivity contribution is 7.99. The Morgan fingerprint density at radius 2 is 2.17 bits per heavy atom. The zero-order chi connectivity index (χ0) is 8.82. The minimum Gasteiger partial charge on any atom is -0.283 e. The first-order valence-electron chi connectivity index (χ1n) is 4.26. The molecule has 0 N–H and O–H groups in total. The normalized spacial score (nSPS) is 40.2. The lowest BCUT2D eigenvalue weighted by Gasteiger charge is -2.28. The number of alkyl halides is 2. The highest BCUT2D eigenvalue weighted by atomic mass is 32.2. The molecular weight excluding hydrogens is 180 g/mol. The maximum atomic E-state index is 13.0. The van der Waals surface area contributed by atoms with E-state index >= 15 is 0 Å². The SMILES string of the molecule is CSC12CCCN1CC(F)(F)C2. The van der Waals surface area contributed by atoms with E-state index in [4.69, 9.17) is 0 Å². The number of fused-ring (bicyclic) bond motifs is 1. The van der Waals surface area contributed by atoms with Crippen LogP contribution in [0, 0.1) is 0 Å². The van der Waals surface area contributed by atoms with Crippen LogP contribution < -0.4 is 0 Å². The third-order valence-electron chi connectivity index (χ3n) is 2.91. The smallest absolute Gasteiger partial charge is 0.263 e. The van der Waals surface area contributed by atoms with Crippen LogP contribution in [0.3, 0.4) is 0 Å². The monoisotopic (exact) mass is 193 g/mol. The molecule has 0 radical (unpaired) electrons. The van der Waals surface area contributed by atoms with Gasteiger partial charge < -0.3 is 0 Å². The molecule has 12 heavy (non-hydrogen) atoms. The summed E-state index contributed by atoms with van der Waals surface area (Å²) >= 11 is 1.60. The lowest BCUT2D eigenvalue weighted by molar-refractivity contribution is 0.0107. The highest BCUT2D eigenvalue weighted by Crippen LogP contribution is 2.51. The van der Waals surface area contributed by atoms with Gasteiger partial charge in [0.25, 0.3) is 5.92 Å². The molecule has 2 saturated heterocycles. The topological polar surface area (TPSA) is 3.24 Å². The van der Waals surface area contributed by atoms with E-state index in [0.29, 0.717) is 0 Å². The van der Waals surface area contributed by atoms with Crippen LogP contribution in [0.2, 0.25) is 0 Å². The predicted molar refractivity (Wildman–Crippen MR) is 46.6 cm³/mol. The second-order valence-corrected chi connectivity index (χ2v) is 4.88. The summed E-state index contributed by atoms with van der Waals surface area (Å²) in [6.07, 6.45) is 4.02. The molecule has 0 spiro atoms. The van der Waals surface area contributed by atoms with Crippen LogP contribution in [0.4, 0.5) is 8.78 Å². The standard InChI is InChI=1S/C8H13F2NS/c1-12-8-3-2-4-11(8)6-7(9,10)5-8/h2-6H2,1H3. The van der Waals surface area contributed by atoms with Crippen molar-refractivity contribution in [1.29, 1.82) is 0 Å². The van der Waals surface area contributed by atoms with Crippen molar-refractivity contribution in [3.63, 3.8) is 0 Å². The summed E-state index contributed by atoms with van der Waals surface area (Å²) in [4.78, 5) is 1.74. The minimum absolute atomic E-state index is 0.0200. The van der Waals surface area contributed by atoms with Crippen molar-refractivity contribution in [2.24, 2.45) is 0 Å². The molecule has 2 aliphatic rings. The first-order valence-corrected chi connectivity index (χ1v) is 5.49. The molecule has 1 atom stereocenters. The number of nitrogens with zero attached hydrogens (tertiary/aromatic N) is 1. The van der Waals surface area contributed by atoms with Gasteiger partial charge in [0.15, 0.2) is 0 Å². The first-order chi connectivity index (χ1) is 5.58. The van der Waals surface area contributed by atoms with Crippen molar-refractivity contribution in [3.8, 4) is 0 Å². The van der Waals surface area contributed by atoms with E-state index in [9.17, 15) is 8.78 Å². The van der Waals surface area contributed by atoms with E-state index in [1.165, 1.54) is 0 Å². The lowest BCUT2D eigenvalue weighted by Crippen LogP contribution is -2.34.